The molecule has 2 atom stereocenters. The maximum atomic E-state index is 14.4. The highest BCUT2D eigenvalue weighted by Crippen LogP contribution is 2.46. The number of rotatable bonds is 9. The minimum Gasteiger partial charge on any atom is -0.448 e. The van der Waals surface area contributed by atoms with Gasteiger partial charge in [0.2, 0.25) is 5.91 Å². The Bertz CT molecular complexity index is 1910. The average Bonchev–Trinajstić information content (AvgIpc) is 3.73. The average molecular weight is 733 g/mol. The molecule has 2 aliphatic heterocycles. The molecule has 3 aromatic carbocycles. The molecule has 262 valence electrons. The first kappa shape index (κ1) is 34.8. The zero-order valence-electron chi connectivity index (χ0n) is 27.8. The lowest BCUT2D eigenvalue weighted by Crippen LogP contribution is -2.43. The summed E-state index contributed by atoms with van der Waals surface area (Å²) in [4.78, 5) is 36.7. The van der Waals surface area contributed by atoms with Gasteiger partial charge in [0.25, 0.3) is 0 Å². The monoisotopic (exact) mass is 732 g/mol. The van der Waals surface area contributed by atoms with E-state index in [2.05, 4.69) is 29.7 Å². The Balaban J connectivity index is 1.12. The summed E-state index contributed by atoms with van der Waals surface area (Å²) in [5.41, 5.74) is 7.89. The van der Waals surface area contributed by atoms with Crippen LogP contribution in [0.5, 0.6) is 0 Å². The fourth-order valence-electron chi connectivity index (χ4n) is 7.16. The molecule has 3 heterocycles. The number of fused-ring (bicyclic) bond motifs is 3. The summed E-state index contributed by atoms with van der Waals surface area (Å²) in [5, 5.41) is 0. The Morgan fingerprint density at radius 2 is 1.68 bits per heavy atom. The van der Waals surface area contributed by atoms with Crippen molar-refractivity contribution in [3.05, 3.63) is 101 Å². The van der Waals surface area contributed by atoms with Crippen LogP contribution in [0.4, 0.5) is 4.79 Å². The Labute approximate surface area is 301 Å². The fourth-order valence-corrected chi connectivity index (χ4v) is 11.2. The number of nitrogens with one attached hydrogen (secondary N) is 1. The van der Waals surface area contributed by atoms with Crippen molar-refractivity contribution < 1.29 is 32.3 Å². The van der Waals surface area contributed by atoms with Gasteiger partial charge in [-0.3, -0.25) is 4.79 Å². The molecule has 2 unspecified atom stereocenters. The van der Waals surface area contributed by atoms with E-state index in [0.29, 0.717) is 17.9 Å². The molecule has 2 amide bonds. The van der Waals surface area contributed by atoms with E-state index in [1.165, 1.54) is 16.2 Å². The number of ether oxygens (including phenoxy) is 2. The summed E-state index contributed by atoms with van der Waals surface area (Å²) in [7, 11) is -3.96. The third-order valence-corrected chi connectivity index (χ3v) is 14.6. The van der Waals surface area contributed by atoms with Gasteiger partial charge in [-0.25, -0.2) is 23.5 Å². The lowest BCUT2D eigenvalue weighted by atomic mass is 9.97. The maximum absolute atomic E-state index is 14.4. The molecule has 4 aromatic rings. The first-order chi connectivity index (χ1) is 24.3. The third-order valence-electron chi connectivity index (χ3n) is 9.92. The Morgan fingerprint density at radius 1 is 0.960 bits per heavy atom. The quantitative estimate of drug-likeness (QED) is 0.140. The number of thiophene rings is 1. The number of carbonyl (C=O) groups is 2. The zero-order valence-corrected chi connectivity index (χ0v) is 30.3. The van der Waals surface area contributed by atoms with E-state index >= 15 is 0 Å². The number of thioether (sulfide) groups is 1. The summed E-state index contributed by atoms with van der Waals surface area (Å²) in [5.74, 6) is -0.990. The number of benzene rings is 3. The lowest BCUT2D eigenvalue weighted by Gasteiger charge is -2.31. The van der Waals surface area contributed by atoms with Crippen LogP contribution in [0.2, 0.25) is 0 Å². The van der Waals surface area contributed by atoms with Gasteiger partial charge in [0.15, 0.2) is 16.1 Å². The number of sulfone groups is 1. The molecule has 9 nitrogen and oxygen atoms in total. The molecule has 0 radical (unpaired) electrons. The minimum atomic E-state index is -3.96. The summed E-state index contributed by atoms with van der Waals surface area (Å²) in [6.07, 6.45) is 3.03. The van der Waals surface area contributed by atoms with E-state index in [-0.39, 0.29) is 44.2 Å². The van der Waals surface area contributed by atoms with Crippen molar-refractivity contribution in [2.45, 2.75) is 54.0 Å². The van der Waals surface area contributed by atoms with E-state index in [1.54, 1.807) is 17.8 Å². The summed E-state index contributed by atoms with van der Waals surface area (Å²) in [6.45, 7) is 0.739. The van der Waals surface area contributed by atoms with E-state index in [1.807, 2.05) is 60.9 Å². The fraction of sp³-hybridized carbons (Fsp3) is 0.368. The number of hydrogen-bond donors (Lipinski definition) is 1. The molecule has 1 N–H and O–H groups in total. The summed E-state index contributed by atoms with van der Waals surface area (Å²) < 4.78 is 38.7. The topological polar surface area (TPSA) is 111 Å². The molecule has 2 fully saturated rings. The van der Waals surface area contributed by atoms with Crippen LogP contribution < -0.4 is 5.48 Å². The van der Waals surface area contributed by atoms with Crippen molar-refractivity contribution in [2.24, 2.45) is 0 Å². The molecule has 2 saturated heterocycles. The number of hydroxylamine groups is 1. The van der Waals surface area contributed by atoms with E-state index in [0.717, 1.165) is 50.4 Å². The Hall–Kier alpha value is -3.68. The van der Waals surface area contributed by atoms with Crippen LogP contribution in [0.15, 0.2) is 89.8 Å². The molecule has 0 saturated carbocycles. The molecule has 0 bridgehead atoms. The molecule has 1 aromatic heterocycles. The highest BCUT2D eigenvalue weighted by molar-refractivity contribution is 7.98. The van der Waals surface area contributed by atoms with Gasteiger partial charge < -0.3 is 14.4 Å². The molecular formula is C38H40N2O7S3. The van der Waals surface area contributed by atoms with Gasteiger partial charge in [0.05, 0.1) is 12.2 Å². The van der Waals surface area contributed by atoms with Crippen molar-refractivity contribution in [3.63, 3.8) is 0 Å². The van der Waals surface area contributed by atoms with Crippen molar-refractivity contribution in [1.82, 2.24) is 10.4 Å². The van der Waals surface area contributed by atoms with Gasteiger partial charge in [-0.2, -0.15) is 0 Å². The van der Waals surface area contributed by atoms with E-state index < -0.39 is 32.9 Å². The highest BCUT2D eigenvalue weighted by Gasteiger charge is 2.50. The largest absolute Gasteiger partial charge is 0.448 e. The lowest BCUT2D eigenvalue weighted by molar-refractivity contribution is -0.200. The molecule has 3 aliphatic rings. The van der Waals surface area contributed by atoms with Gasteiger partial charge in [0.1, 0.15) is 11.4 Å². The number of carbonyl (C=O) groups excluding carboxylic acids is 2. The normalized spacial score (nSPS) is 21.5. The second kappa shape index (κ2) is 14.9. The Morgan fingerprint density at radius 3 is 2.36 bits per heavy atom. The van der Waals surface area contributed by atoms with E-state index in [9.17, 15) is 18.0 Å². The molecule has 50 heavy (non-hydrogen) atoms. The summed E-state index contributed by atoms with van der Waals surface area (Å²) in [6, 6.07) is 28.0. The van der Waals surface area contributed by atoms with Crippen molar-refractivity contribution >= 4 is 44.9 Å². The van der Waals surface area contributed by atoms with Crippen LogP contribution in [-0.2, 0) is 33.7 Å². The standard InChI is InChI=1S/C38H40N2O7S3/c1-48-27-15-13-26(14-16-27)33-17-18-34(49-33)38(24-35(41)39-47-36-12-6-7-22-45-36)19-20-40(21-23-50(38,43)44)37(42)46-25-32-30-10-4-2-8-28(30)29-9-3-5-11-31(29)32/h2-5,8-11,13-18,32,36H,6-7,12,19-25H2,1H3,(H,39,41). The number of hydrogen-bond acceptors (Lipinski definition) is 9. The highest BCUT2D eigenvalue weighted by atomic mass is 32.2. The number of amides is 2. The molecule has 12 heteroatoms. The molecular weight excluding hydrogens is 693 g/mol. The second-order valence-electron chi connectivity index (χ2n) is 12.9. The smallest absolute Gasteiger partial charge is 0.409 e. The first-order valence-electron chi connectivity index (χ1n) is 16.9. The predicted molar refractivity (Wildman–Crippen MR) is 196 cm³/mol. The minimum absolute atomic E-state index is 0.0260. The van der Waals surface area contributed by atoms with Crippen LogP contribution >= 0.6 is 23.1 Å². The van der Waals surface area contributed by atoms with Crippen LogP contribution in [0, 0.1) is 0 Å². The van der Waals surface area contributed by atoms with Crippen molar-refractivity contribution in [2.75, 3.05) is 38.3 Å². The predicted octanol–water partition coefficient (Wildman–Crippen LogP) is 7.37. The van der Waals surface area contributed by atoms with Crippen LogP contribution in [0.1, 0.15) is 54.0 Å². The van der Waals surface area contributed by atoms with Gasteiger partial charge in [-0.05, 0) is 77.6 Å². The van der Waals surface area contributed by atoms with Crippen molar-refractivity contribution in [3.8, 4) is 21.6 Å². The van der Waals surface area contributed by atoms with Crippen LogP contribution in [-0.4, -0.2) is 69.9 Å². The molecule has 0 spiro atoms. The second-order valence-corrected chi connectivity index (χ2v) is 17.2. The van der Waals surface area contributed by atoms with Crippen molar-refractivity contribution in [1.29, 1.82) is 0 Å². The van der Waals surface area contributed by atoms with Crippen LogP contribution in [0.3, 0.4) is 0 Å². The van der Waals surface area contributed by atoms with Gasteiger partial charge in [-0.15, -0.1) is 23.1 Å². The SMILES string of the molecule is CSc1ccc(-c2ccc(C3(CC(=O)NOC4CCCCO4)CCN(C(=O)OCC4c5ccccc5-c5ccccc54)CCS3(=O)=O)s2)cc1. The third kappa shape index (κ3) is 6.96. The van der Waals surface area contributed by atoms with Gasteiger partial charge in [0, 0.05) is 46.7 Å². The van der Waals surface area contributed by atoms with Gasteiger partial charge in [-0.1, -0.05) is 60.7 Å². The van der Waals surface area contributed by atoms with Gasteiger partial charge >= 0.3 is 6.09 Å². The Kier molecular flexibility index (Phi) is 10.4. The zero-order chi connectivity index (χ0) is 34.7. The van der Waals surface area contributed by atoms with E-state index in [4.69, 9.17) is 14.3 Å². The first-order valence-corrected chi connectivity index (χ1v) is 20.6. The number of nitrogens with zero attached hydrogens (tertiary/aromatic N) is 1. The maximum Gasteiger partial charge on any atom is 0.409 e. The van der Waals surface area contributed by atoms with Crippen LogP contribution in [0.25, 0.3) is 21.6 Å². The molecule has 7 rings (SSSR count). The summed E-state index contributed by atoms with van der Waals surface area (Å²) >= 11 is 3.01. The molecule has 1 aliphatic carbocycles.